The minimum Gasteiger partial charge on any atom is -0.337 e. The van der Waals surface area contributed by atoms with E-state index in [1.165, 1.54) is 6.92 Å². The maximum atomic E-state index is 13.1. The molecule has 0 radical (unpaired) electrons. The van der Waals surface area contributed by atoms with Crippen molar-refractivity contribution < 1.29 is 13.6 Å². The van der Waals surface area contributed by atoms with Crippen molar-refractivity contribution in [3.63, 3.8) is 0 Å². The Morgan fingerprint density at radius 3 is 2.64 bits per heavy atom. The van der Waals surface area contributed by atoms with E-state index in [9.17, 15) is 13.6 Å². The third-order valence-corrected chi connectivity index (χ3v) is 4.15. The van der Waals surface area contributed by atoms with E-state index < -0.39 is 17.4 Å². The Balaban J connectivity index is 1.89. The molecule has 0 saturated heterocycles. The van der Waals surface area contributed by atoms with E-state index in [1.807, 2.05) is 6.92 Å². The first-order chi connectivity index (χ1) is 10.1. The highest BCUT2D eigenvalue weighted by Gasteiger charge is 2.67. The lowest BCUT2D eigenvalue weighted by molar-refractivity contribution is 0.0709. The first-order valence-corrected chi connectivity index (χ1v) is 7.61. The van der Waals surface area contributed by atoms with Gasteiger partial charge in [-0.05, 0) is 19.3 Å². The summed E-state index contributed by atoms with van der Waals surface area (Å²) in [5, 5.41) is 9.41. The number of aromatic nitrogens is 2. The van der Waals surface area contributed by atoms with Gasteiger partial charge in [0.15, 0.2) is 0 Å². The molecule has 2 amide bonds. The zero-order chi connectivity index (χ0) is 16.5. The highest BCUT2D eigenvalue weighted by molar-refractivity contribution is 5.88. The van der Waals surface area contributed by atoms with Gasteiger partial charge in [-0.3, -0.25) is 5.32 Å². The number of alkyl halides is 2. The first kappa shape index (κ1) is 16.7. The number of amides is 2. The molecule has 0 bridgehead atoms. The molecule has 1 aliphatic carbocycles. The number of hydrogen-bond acceptors (Lipinski definition) is 2. The minimum atomic E-state index is -2.67. The molecule has 2 N–H and O–H groups in total. The van der Waals surface area contributed by atoms with Crippen LogP contribution in [0.3, 0.4) is 0 Å². The van der Waals surface area contributed by atoms with E-state index in [-0.39, 0.29) is 19.0 Å². The molecule has 1 aliphatic rings. The van der Waals surface area contributed by atoms with E-state index in [1.54, 1.807) is 16.9 Å². The molecule has 1 aromatic heterocycles. The fourth-order valence-electron chi connectivity index (χ4n) is 2.62. The van der Waals surface area contributed by atoms with Crippen molar-refractivity contribution >= 4 is 11.8 Å². The van der Waals surface area contributed by atoms with Crippen LogP contribution in [0.5, 0.6) is 0 Å². The quantitative estimate of drug-likeness (QED) is 0.842. The lowest BCUT2D eigenvalue weighted by Crippen LogP contribution is -2.35. The first-order valence-electron chi connectivity index (χ1n) is 7.61. The van der Waals surface area contributed by atoms with Crippen LogP contribution in [0.15, 0.2) is 12.3 Å². The second-order valence-electron chi connectivity index (χ2n) is 6.89. The number of halogens is 2. The summed E-state index contributed by atoms with van der Waals surface area (Å²) in [5.41, 5.74) is -1.12. The zero-order valence-corrected chi connectivity index (χ0v) is 13.5. The van der Waals surface area contributed by atoms with Crippen LogP contribution in [0.1, 0.15) is 46.6 Å². The lowest BCUT2D eigenvalue weighted by atomic mass is 10.1. The molecule has 0 aliphatic heterocycles. The Kier molecular flexibility index (Phi) is 4.44. The van der Waals surface area contributed by atoms with Crippen molar-refractivity contribution in [3.05, 3.63) is 12.3 Å². The van der Waals surface area contributed by atoms with Crippen LogP contribution in [0, 0.1) is 11.3 Å². The smallest absolute Gasteiger partial charge is 0.320 e. The molecule has 1 aromatic rings. The van der Waals surface area contributed by atoms with Crippen molar-refractivity contribution in [2.24, 2.45) is 11.3 Å². The highest BCUT2D eigenvalue weighted by Crippen LogP contribution is 2.59. The number of nitrogens with one attached hydrogen (secondary N) is 2. The molecule has 0 aromatic carbocycles. The molecule has 1 heterocycles. The molecule has 0 spiro atoms. The normalized spacial score (nSPS) is 24.1. The van der Waals surface area contributed by atoms with Crippen molar-refractivity contribution in [1.29, 1.82) is 0 Å². The Hall–Kier alpha value is -1.66. The predicted molar refractivity (Wildman–Crippen MR) is 81.1 cm³/mol. The summed E-state index contributed by atoms with van der Waals surface area (Å²) < 4.78 is 28.0. The van der Waals surface area contributed by atoms with Crippen LogP contribution >= 0.6 is 0 Å². The van der Waals surface area contributed by atoms with Gasteiger partial charge in [0, 0.05) is 19.0 Å². The van der Waals surface area contributed by atoms with Crippen LogP contribution < -0.4 is 10.6 Å². The Bertz CT molecular complexity index is 543. The molecular formula is C15H24F2N4O. The van der Waals surface area contributed by atoms with Crippen LogP contribution in [-0.2, 0) is 0 Å². The summed E-state index contributed by atoms with van der Waals surface area (Å²) in [6.07, 6.45) is 2.37. The molecule has 1 saturated carbocycles. The van der Waals surface area contributed by atoms with Crippen molar-refractivity contribution in [2.75, 3.05) is 11.9 Å². The van der Waals surface area contributed by atoms with Crippen LogP contribution in [0.25, 0.3) is 0 Å². The third kappa shape index (κ3) is 3.56. The number of carbonyl (C=O) groups excluding carboxylic acids is 1. The van der Waals surface area contributed by atoms with Crippen LogP contribution in [-0.4, -0.2) is 28.3 Å². The predicted octanol–water partition coefficient (Wildman–Crippen LogP) is 3.66. The van der Waals surface area contributed by atoms with Gasteiger partial charge in [-0.2, -0.15) is 5.10 Å². The number of anilines is 1. The standard InChI is InChI=1S/C15H24F2N4O/c1-10(2)7-11(3)21-12(5-6-19-21)20-13(22)18-9-14(4)8-15(14,16)17/h5-6,10-11H,7-9H2,1-4H3,(H2,18,20,22). The van der Waals surface area contributed by atoms with Gasteiger partial charge in [-0.1, -0.05) is 20.8 Å². The monoisotopic (exact) mass is 314 g/mol. The van der Waals surface area contributed by atoms with E-state index >= 15 is 0 Å². The molecule has 2 unspecified atom stereocenters. The van der Waals surface area contributed by atoms with Crippen molar-refractivity contribution in [2.45, 2.75) is 52.5 Å². The van der Waals surface area contributed by atoms with E-state index in [2.05, 4.69) is 29.6 Å². The summed E-state index contributed by atoms with van der Waals surface area (Å²) in [4.78, 5) is 11.9. The van der Waals surface area contributed by atoms with Gasteiger partial charge in [-0.25, -0.2) is 18.3 Å². The lowest BCUT2D eigenvalue weighted by Gasteiger charge is -2.18. The molecule has 5 nitrogen and oxygen atoms in total. The molecule has 1 fully saturated rings. The van der Waals surface area contributed by atoms with Crippen LogP contribution in [0.2, 0.25) is 0 Å². The fourth-order valence-corrected chi connectivity index (χ4v) is 2.62. The SMILES string of the molecule is CC(C)CC(C)n1nccc1NC(=O)NCC1(C)CC1(F)F. The molecule has 2 atom stereocenters. The summed E-state index contributed by atoms with van der Waals surface area (Å²) in [7, 11) is 0. The molecule has 22 heavy (non-hydrogen) atoms. The summed E-state index contributed by atoms with van der Waals surface area (Å²) in [6.45, 7) is 7.71. The largest absolute Gasteiger partial charge is 0.337 e. The maximum Gasteiger partial charge on any atom is 0.320 e. The van der Waals surface area contributed by atoms with Crippen LogP contribution in [0.4, 0.5) is 19.4 Å². The number of hydrogen-bond donors (Lipinski definition) is 2. The molecule has 7 heteroatoms. The van der Waals surface area contributed by atoms with Gasteiger partial charge in [0.1, 0.15) is 5.82 Å². The van der Waals surface area contributed by atoms with Crippen molar-refractivity contribution in [3.8, 4) is 0 Å². The molecular weight excluding hydrogens is 290 g/mol. The van der Waals surface area contributed by atoms with Gasteiger partial charge < -0.3 is 5.32 Å². The molecule has 124 valence electrons. The minimum absolute atomic E-state index is 0.0402. The molecule has 2 rings (SSSR count). The number of rotatable bonds is 6. The Morgan fingerprint density at radius 1 is 1.45 bits per heavy atom. The number of nitrogens with zero attached hydrogens (tertiary/aromatic N) is 2. The van der Waals surface area contributed by atoms with E-state index in [0.29, 0.717) is 11.7 Å². The number of urea groups is 1. The highest BCUT2D eigenvalue weighted by atomic mass is 19.3. The second kappa shape index (κ2) is 5.85. The van der Waals surface area contributed by atoms with Gasteiger partial charge in [-0.15, -0.1) is 0 Å². The summed E-state index contributed by atoms with van der Waals surface area (Å²) >= 11 is 0. The second-order valence-corrected chi connectivity index (χ2v) is 6.89. The summed E-state index contributed by atoms with van der Waals surface area (Å²) in [5.74, 6) is -1.59. The average molecular weight is 314 g/mol. The third-order valence-electron chi connectivity index (χ3n) is 4.15. The van der Waals surface area contributed by atoms with Gasteiger partial charge in [0.25, 0.3) is 5.92 Å². The Labute approximate surface area is 129 Å². The van der Waals surface area contributed by atoms with E-state index in [0.717, 1.165) is 6.42 Å². The summed E-state index contributed by atoms with van der Waals surface area (Å²) in [6, 6.07) is 1.36. The van der Waals surface area contributed by atoms with Gasteiger partial charge in [0.2, 0.25) is 0 Å². The maximum absolute atomic E-state index is 13.1. The zero-order valence-electron chi connectivity index (χ0n) is 13.5. The topological polar surface area (TPSA) is 59.0 Å². The van der Waals surface area contributed by atoms with Gasteiger partial charge >= 0.3 is 6.03 Å². The van der Waals surface area contributed by atoms with E-state index in [4.69, 9.17) is 0 Å². The van der Waals surface area contributed by atoms with Crippen molar-refractivity contribution in [1.82, 2.24) is 15.1 Å². The Morgan fingerprint density at radius 2 is 2.09 bits per heavy atom. The fraction of sp³-hybridized carbons (Fsp3) is 0.733. The van der Waals surface area contributed by atoms with Gasteiger partial charge in [0.05, 0.1) is 17.7 Å². The number of carbonyl (C=O) groups is 1. The average Bonchev–Trinajstić information content (AvgIpc) is 2.75.